The Kier molecular flexibility index (Phi) is 9.63. The second-order valence-corrected chi connectivity index (χ2v) is 6.89. The summed E-state index contributed by atoms with van der Waals surface area (Å²) in [6.07, 6.45) is 1.90. The van der Waals surface area contributed by atoms with Gasteiger partial charge in [-0.25, -0.2) is 14.7 Å². The number of aryl methyl sites for hydroxylation is 2. The van der Waals surface area contributed by atoms with Crippen LogP contribution in [0.1, 0.15) is 30.6 Å². The Bertz CT molecular complexity index is 842. The van der Waals surface area contributed by atoms with Gasteiger partial charge < -0.3 is 25.2 Å². The van der Waals surface area contributed by atoms with Crippen LogP contribution in [-0.4, -0.2) is 58.7 Å². The molecule has 0 fully saturated rings. The number of rotatable bonds is 8. The monoisotopic (exact) mass is 530 g/mol. The van der Waals surface area contributed by atoms with Gasteiger partial charge in [0.1, 0.15) is 18.3 Å². The number of hydrogen-bond donors (Lipinski definition) is 3. The molecule has 0 spiro atoms. The molecule has 3 rings (SSSR count). The van der Waals surface area contributed by atoms with E-state index in [-0.39, 0.29) is 43.2 Å². The predicted octanol–water partition coefficient (Wildman–Crippen LogP) is 1.65. The molecule has 1 unspecified atom stereocenters. The minimum atomic E-state index is -0.0380. The quantitative estimate of drug-likeness (QED) is 0.271. The molecule has 3 N–H and O–H groups in total. The van der Waals surface area contributed by atoms with Gasteiger partial charge in [-0.05, 0) is 38.0 Å². The molecule has 0 radical (unpaired) electrons. The average Bonchev–Trinajstić information content (AvgIpc) is 3.10. The summed E-state index contributed by atoms with van der Waals surface area (Å²) in [5.74, 6) is 3.89. The summed E-state index contributed by atoms with van der Waals surface area (Å²) in [6, 6.07) is 5.96. The highest BCUT2D eigenvalue weighted by atomic mass is 127. The van der Waals surface area contributed by atoms with Gasteiger partial charge in [0, 0.05) is 19.0 Å². The van der Waals surface area contributed by atoms with Crippen molar-refractivity contribution in [3.63, 3.8) is 0 Å². The van der Waals surface area contributed by atoms with E-state index in [1.165, 1.54) is 0 Å². The first kappa shape index (κ1) is 24.2. The fraction of sp³-hybridized carbons (Fsp3) is 0.550. The van der Waals surface area contributed by atoms with Crippen molar-refractivity contribution >= 4 is 29.9 Å². The molecule has 0 aliphatic carbocycles. The number of ether oxygens (including phenoxy) is 2. The Morgan fingerprint density at radius 3 is 2.93 bits per heavy atom. The van der Waals surface area contributed by atoms with Gasteiger partial charge in [-0.3, -0.25) is 0 Å². The summed E-state index contributed by atoms with van der Waals surface area (Å²) in [5, 5.41) is 20.2. The molecule has 9 nitrogen and oxygen atoms in total. The molecule has 1 aromatic heterocycles. The molecule has 10 heteroatoms. The molecule has 1 aromatic carbocycles. The molecule has 30 heavy (non-hydrogen) atoms. The van der Waals surface area contributed by atoms with Gasteiger partial charge in [0.05, 0.1) is 26.8 Å². The largest absolute Gasteiger partial charge is 0.493 e. The molecule has 0 saturated heterocycles. The zero-order valence-electron chi connectivity index (χ0n) is 17.7. The first-order valence-electron chi connectivity index (χ1n) is 9.98. The number of nitrogens with zero attached hydrogens (tertiary/aromatic N) is 4. The molecule has 166 valence electrons. The van der Waals surface area contributed by atoms with E-state index in [1.54, 1.807) is 7.11 Å². The highest BCUT2D eigenvalue weighted by molar-refractivity contribution is 14.0. The normalized spacial score (nSPS) is 15.7. The van der Waals surface area contributed by atoms with Gasteiger partial charge in [0.2, 0.25) is 0 Å². The topological polar surface area (TPSA) is 106 Å². The number of fused-ring (bicyclic) bond motifs is 1. The van der Waals surface area contributed by atoms with Crippen molar-refractivity contribution < 1.29 is 14.6 Å². The van der Waals surface area contributed by atoms with E-state index in [9.17, 15) is 0 Å². The van der Waals surface area contributed by atoms with Crippen molar-refractivity contribution in [3.05, 3.63) is 35.4 Å². The summed E-state index contributed by atoms with van der Waals surface area (Å²) >= 11 is 0. The average molecular weight is 530 g/mol. The van der Waals surface area contributed by atoms with Crippen molar-refractivity contribution in [2.75, 3.05) is 26.9 Å². The zero-order chi connectivity index (χ0) is 20.6. The Morgan fingerprint density at radius 1 is 1.37 bits per heavy atom. The van der Waals surface area contributed by atoms with E-state index in [2.05, 4.69) is 20.7 Å². The van der Waals surface area contributed by atoms with Crippen LogP contribution in [0.2, 0.25) is 0 Å². The van der Waals surface area contributed by atoms with E-state index in [0.717, 1.165) is 49.1 Å². The number of nitrogens with one attached hydrogen (secondary N) is 2. The van der Waals surface area contributed by atoms with Gasteiger partial charge in [0.15, 0.2) is 17.5 Å². The molecule has 1 atom stereocenters. The molecule has 2 aromatic rings. The third-order valence-electron chi connectivity index (χ3n) is 4.65. The summed E-state index contributed by atoms with van der Waals surface area (Å²) < 4.78 is 12.9. The van der Waals surface area contributed by atoms with Crippen LogP contribution in [0.5, 0.6) is 11.5 Å². The SMILES string of the molecule is CCNC(=NCc1ccc(OCCO)c(OC)c1)NC1CCc2nc(C)nn2C1.I. The van der Waals surface area contributed by atoms with Crippen LogP contribution in [-0.2, 0) is 19.5 Å². The summed E-state index contributed by atoms with van der Waals surface area (Å²) in [5.41, 5.74) is 1.01. The van der Waals surface area contributed by atoms with Gasteiger partial charge >= 0.3 is 0 Å². The van der Waals surface area contributed by atoms with Gasteiger partial charge in [0.25, 0.3) is 0 Å². The van der Waals surface area contributed by atoms with Crippen molar-refractivity contribution in [1.82, 2.24) is 25.4 Å². The fourth-order valence-electron chi connectivity index (χ4n) is 3.32. The second-order valence-electron chi connectivity index (χ2n) is 6.89. The summed E-state index contributed by atoms with van der Waals surface area (Å²) in [4.78, 5) is 9.18. The maximum Gasteiger partial charge on any atom is 0.191 e. The standard InChI is InChI=1S/C20H30N6O3.HI/c1-4-21-20(24-16-6-8-19-23-14(2)25-26(19)13-16)22-12-15-5-7-17(29-10-9-27)18(11-15)28-3;/h5,7,11,16,27H,4,6,8-10,12-13H2,1-3H3,(H2,21,22,24);1H. The maximum atomic E-state index is 8.93. The number of aliphatic hydroxyl groups is 1. The Morgan fingerprint density at radius 2 is 2.20 bits per heavy atom. The minimum Gasteiger partial charge on any atom is -0.493 e. The van der Waals surface area contributed by atoms with E-state index < -0.39 is 0 Å². The Labute approximate surface area is 194 Å². The highest BCUT2D eigenvalue weighted by Crippen LogP contribution is 2.28. The fourth-order valence-corrected chi connectivity index (χ4v) is 3.32. The highest BCUT2D eigenvalue weighted by Gasteiger charge is 2.21. The van der Waals surface area contributed by atoms with Crippen LogP contribution in [0.3, 0.4) is 0 Å². The lowest BCUT2D eigenvalue weighted by Gasteiger charge is -2.25. The zero-order valence-corrected chi connectivity index (χ0v) is 20.1. The van der Waals surface area contributed by atoms with Crippen LogP contribution in [0.25, 0.3) is 0 Å². The number of guanidine groups is 1. The molecule has 0 saturated carbocycles. The maximum absolute atomic E-state index is 8.93. The van der Waals surface area contributed by atoms with Crippen molar-refractivity contribution in [2.24, 2.45) is 4.99 Å². The first-order chi connectivity index (χ1) is 14.1. The molecular weight excluding hydrogens is 499 g/mol. The lowest BCUT2D eigenvalue weighted by Crippen LogP contribution is -2.47. The number of benzene rings is 1. The minimum absolute atomic E-state index is 0. The third-order valence-corrected chi connectivity index (χ3v) is 4.65. The Balaban J connectivity index is 0.00000320. The van der Waals surface area contributed by atoms with E-state index in [1.807, 2.05) is 36.7 Å². The van der Waals surface area contributed by atoms with Crippen LogP contribution < -0.4 is 20.1 Å². The number of aliphatic imine (C=N–C) groups is 1. The summed E-state index contributed by atoms with van der Waals surface area (Å²) in [7, 11) is 1.60. The second kappa shape index (κ2) is 11.9. The molecule has 1 aliphatic heterocycles. The van der Waals surface area contributed by atoms with Crippen molar-refractivity contribution in [3.8, 4) is 11.5 Å². The lowest BCUT2D eigenvalue weighted by atomic mass is 10.1. The molecule has 0 bridgehead atoms. The van der Waals surface area contributed by atoms with Gasteiger partial charge in [-0.1, -0.05) is 6.07 Å². The number of hydrogen-bond acceptors (Lipinski definition) is 6. The predicted molar refractivity (Wildman–Crippen MR) is 126 cm³/mol. The van der Waals surface area contributed by atoms with Crippen molar-refractivity contribution in [2.45, 2.75) is 45.8 Å². The first-order valence-corrected chi connectivity index (χ1v) is 9.98. The van der Waals surface area contributed by atoms with Gasteiger partial charge in [-0.2, -0.15) is 5.10 Å². The number of aliphatic hydroxyl groups excluding tert-OH is 1. The van der Waals surface area contributed by atoms with Crippen LogP contribution in [0.4, 0.5) is 0 Å². The van der Waals surface area contributed by atoms with E-state index in [4.69, 9.17) is 19.6 Å². The van der Waals surface area contributed by atoms with E-state index >= 15 is 0 Å². The van der Waals surface area contributed by atoms with Crippen molar-refractivity contribution in [1.29, 1.82) is 0 Å². The van der Waals surface area contributed by atoms with Crippen LogP contribution in [0, 0.1) is 6.92 Å². The number of halogens is 1. The van der Waals surface area contributed by atoms with Gasteiger partial charge in [-0.15, -0.1) is 24.0 Å². The van der Waals surface area contributed by atoms with E-state index in [0.29, 0.717) is 18.0 Å². The third kappa shape index (κ3) is 6.46. The molecule has 2 heterocycles. The Hall–Kier alpha value is -2.08. The van der Waals surface area contributed by atoms with Crippen LogP contribution >= 0.6 is 24.0 Å². The number of aromatic nitrogens is 3. The molecule has 1 aliphatic rings. The molecular formula is C20H31IN6O3. The summed E-state index contributed by atoms with van der Waals surface area (Å²) in [6.45, 7) is 6.24. The van der Waals surface area contributed by atoms with Crippen LogP contribution in [0.15, 0.2) is 23.2 Å². The smallest absolute Gasteiger partial charge is 0.191 e. The lowest BCUT2D eigenvalue weighted by molar-refractivity contribution is 0.196. The number of methoxy groups -OCH3 is 1. The molecule has 0 amide bonds.